The molecule has 1 unspecified atom stereocenters. The van der Waals surface area contributed by atoms with E-state index < -0.39 is 0 Å². The quantitative estimate of drug-likeness (QED) is 0.782. The summed E-state index contributed by atoms with van der Waals surface area (Å²) in [4.78, 5) is 12.2. The van der Waals surface area contributed by atoms with Crippen LogP contribution in [-0.4, -0.2) is 19.6 Å². The first-order valence-electron chi connectivity index (χ1n) is 7.53. The predicted molar refractivity (Wildman–Crippen MR) is 100.0 cm³/mol. The number of carbonyl (C=O) groups is 1. The van der Waals surface area contributed by atoms with Crippen molar-refractivity contribution in [3.8, 4) is 5.75 Å². The first-order chi connectivity index (χ1) is 11.2. The number of methoxy groups -OCH3 is 1. The number of ether oxygens (including phenoxy) is 1. The van der Waals surface area contributed by atoms with E-state index in [0.717, 1.165) is 16.9 Å². The zero-order valence-corrected chi connectivity index (χ0v) is 15.1. The number of carbonyl (C=O) groups excluding carboxylic acids is 1. The van der Waals surface area contributed by atoms with E-state index in [1.54, 1.807) is 7.11 Å². The van der Waals surface area contributed by atoms with Crippen molar-refractivity contribution in [1.82, 2.24) is 5.32 Å². The zero-order chi connectivity index (χ0) is 16.7. The Morgan fingerprint density at radius 1 is 1.25 bits per heavy atom. The maximum absolute atomic E-state index is 12.2. The highest BCUT2D eigenvalue weighted by Crippen LogP contribution is 2.30. The maximum Gasteiger partial charge on any atom is 0.220 e. The molecule has 0 bridgehead atoms. The minimum atomic E-state index is -0.330. The van der Waals surface area contributed by atoms with Crippen molar-refractivity contribution < 1.29 is 9.53 Å². The minimum absolute atomic E-state index is 0. The smallest absolute Gasteiger partial charge is 0.220 e. The van der Waals surface area contributed by atoms with Gasteiger partial charge in [-0.15, -0.1) is 12.4 Å². The van der Waals surface area contributed by atoms with Crippen LogP contribution in [-0.2, 0) is 4.79 Å². The molecule has 3 N–H and O–H groups in total. The summed E-state index contributed by atoms with van der Waals surface area (Å²) in [6.45, 7) is 0.489. The molecule has 2 aromatic carbocycles. The predicted octanol–water partition coefficient (Wildman–Crippen LogP) is 3.71. The van der Waals surface area contributed by atoms with E-state index in [-0.39, 0.29) is 24.4 Å². The van der Waals surface area contributed by atoms with Gasteiger partial charge in [0.25, 0.3) is 0 Å². The maximum atomic E-state index is 12.2. The van der Waals surface area contributed by atoms with Crippen LogP contribution in [0, 0.1) is 0 Å². The number of rotatable bonds is 7. The van der Waals surface area contributed by atoms with Gasteiger partial charge in [-0.3, -0.25) is 4.79 Å². The summed E-state index contributed by atoms with van der Waals surface area (Å²) in [6, 6.07) is 14.8. The van der Waals surface area contributed by atoms with Crippen LogP contribution in [0.3, 0.4) is 0 Å². The van der Waals surface area contributed by atoms with Gasteiger partial charge in [-0.05, 0) is 42.3 Å². The third-order valence-corrected chi connectivity index (χ3v) is 3.90. The molecule has 2 aromatic rings. The van der Waals surface area contributed by atoms with Gasteiger partial charge in [0.15, 0.2) is 0 Å². The van der Waals surface area contributed by atoms with Crippen molar-refractivity contribution in [1.29, 1.82) is 0 Å². The monoisotopic (exact) mass is 368 g/mol. The lowest BCUT2D eigenvalue weighted by molar-refractivity contribution is -0.121. The van der Waals surface area contributed by atoms with Gasteiger partial charge in [-0.2, -0.15) is 0 Å². The van der Waals surface area contributed by atoms with Gasteiger partial charge in [-0.25, -0.2) is 0 Å². The molecule has 4 nitrogen and oxygen atoms in total. The van der Waals surface area contributed by atoms with Crippen LogP contribution in [0.25, 0.3) is 0 Å². The van der Waals surface area contributed by atoms with Gasteiger partial charge in [0, 0.05) is 11.4 Å². The van der Waals surface area contributed by atoms with Crippen LogP contribution < -0.4 is 15.8 Å². The molecule has 0 heterocycles. The minimum Gasteiger partial charge on any atom is -0.497 e. The normalized spacial score (nSPS) is 11.3. The molecule has 130 valence electrons. The summed E-state index contributed by atoms with van der Waals surface area (Å²) >= 11 is 6.33. The number of amides is 1. The molecule has 1 atom stereocenters. The molecule has 0 aliphatic rings. The van der Waals surface area contributed by atoms with Crippen LogP contribution in [0.2, 0.25) is 5.02 Å². The van der Waals surface area contributed by atoms with E-state index in [9.17, 15) is 4.79 Å². The SMILES string of the molecule is COc1cccc(C(NC(=O)CCCN)c2ccccc2Cl)c1.Cl. The zero-order valence-electron chi connectivity index (χ0n) is 13.5. The average Bonchev–Trinajstić information content (AvgIpc) is 2.58. The van der Waals surface area contributed by atoms with Gasteiger partial charge in [0.2, 0.25) is 5.91 Å². The van der Waals surface area contributed by atoms with Gasteiger partial charge >= 0.3 is 0 Å². The van der Waals surface area contributed by atoms with Gasteiger partial charge < -0.3 is 15.8 Å². The van der Waals surface area contributed by atoms with Crippen molar-refractivity contribution in [3.05, 3.63) is 64.7 Å². The average molecular weight is 369 g/mol. The molecule has 0 saturated heterocycles. The summed E-state index contributed by atoms with van der Waals surface area (Å²) < 4.78 is 5.28. The molecule has 0 spiro atoms. The molecule has 0 aliphatic carbocycles. The molecule has 0 fully saturated rings. The fourth-order valence-electron chi connectivity index (χ4n) is 2.37. The Labute approximate surface area is 153 Å². The molecule has 1 amide bonds. The van der Waals surface area contributed by atoms with Gasteiger partial charge in [0.05, 0.1) is 13.2 Å². The van der Waals surface area contributed by atoms with Crippen LogP contribution in [0.4, 0.5) is 0 Å². The summed E-state index contributed by atoms with van der Waals surface area (Å²) in [5, 5.41) is 3.65. The number of nitrogens with one attached hydrogen (secondary N) is 1. The van der Waals surface area contributed by atoms with Crippen LogP contribution in [0.15, 0.2) is 48.5 Å². The van der Waals surface area contributed by atoms with E-state index in [1.807, 2.05) is 48.5 Å². The van der Waals surface area contributed by atoms with Crippen molar-refractivity contribution in [2.24, 2.45) is 5.73 Å². The number of benzene rings is 2. The number of hydrogen-bond donors (Lipinski definition) is 2. The van der Waals surface area contributed by atoms with E-state index in [4.69, 9.17) is 22.1 Å². The Morgan fingerprint density at radius 2 is 2.00 bits per heavy atom. The number of halogens is 2. The Hall–Kier alpha value is -1.75. The highest BCUT2D eigenvalue weighted by molar-refractivity contribution is 6.31. The highest BCUT2D eigenvalue weighted by Gasteiger charge is 2.19. The Morgan fingerprint density at radius 3 is 2.67 bits per heavy atom. The largest absolute Gasteiger partial charge is 0.497 e. The topological polar surface area (TPSA) is 64.3 Å². The first kappa shape index (κ1) is 20.3. The Kier molecular flexibility index (Phi) is 8.61. The molecule has 24 heavy (non-hydrogen) atoms. The van der Waals surface area contributed by atoms with E-state index >= 15 is 0 Å². The molecule has 0 aromatic heterocycles. The lowest BCUT2D eigenvalue weighted by Crippen LogP contribution is -2.29. The molecule has 0 aliphatic heterocycles. The Bertz CT molecular complexity index is 665. The van der Waals surface area contributed by atoms with Crippen LogP contribution >= 0.6 is 24.0 Å². The summed E-state index contributed by atoms with van der Waals surface area (Å²) in [7, 11) is 1.61. The molecular weight excluding hydrogens is 347 g/mol. The standard InChI is InChI=1S/C18H21ClN2O2.ClH/c1-23-14-7-4-6-13(12-14)18(21-17(22)10-5-11-20)15-8-2-3-9-16(15)19;/h2-4,6-9,12,18H,5,10-11,20H2,1H3,(H,21,22);1H. The lowest BCUT2D eigenvalue weighted by atomic mass is 9.98. The van der Waals surface area contributed by atoms with Crippen molar-refractivity contribution in [3.63, 3.8) is 0 Å². The fraction of sp³-hybridized carbons (Fsp3) is 0.278. The van der Waals surface area contributed by atoms with E-state index in [2.05, 4.69) is 5.32 Å². The fourth-order valence-corrected chi connectivity index (χ4v) is 2.61. The lowest BCUT2D eigenvalue weighted by Gasteiger charge is -2.21. The van der Waals surface area contributed by atoms with Gasteiger partial charge in [-0.1, -0.05) is 41.9 Å². The third kappa shape index (κ3) is 5.41. The van der Waals surface area contributed by atoms with Crippen LogP contribution in [0.1, 0.15) is 30.0 Å². The second kappa shape index (κ2) is 10.2. The van der Waals surface area contributed by atoms with Crippen LogP contribution in [0.5, 0.6) is 5.75 Å². The summed E-state index contributed by atoms with van der Waals surface area (Å²) in [5.74, 6) is 0.680. The number of nitrogens with two attached hydrogens (primary N) is 1. The summed E-state index contributed by atoms with van der Waals surface area (Å²) in [5.41, 5.74) is 7.24. The van der Waals surface area contributed by atoms with E-state index in [1.165, 1.54) is 0 Å². The summed E-state index contributed by atoms with van der Waals surface area (Å²) in [6.07, 6.45) is 1.04. The second-order valence-corrected chi connectivity index (χ2v) is 5.60. The van der Waals surface area contributed by atoms with E-state index in [0.29, 0.717) is 24.4 Å². The molecular formula is C18H22Cl2N2O2. The van der Waals surface area contributed by atoms with Crippen molar-refractivity contribution >= 4 is 29.9 Å². The number of hydrogen-bond acceptors (Lipinski definition) is 3. The van der Waals surface area contributed by atoms with Crippen molar-refractivity contribution in [2.45, 2.75) is 18.9 Å². The molecule has 2 rings (SSSR count). The van der Waals surface area contributed by atoms with Crippen molar-refractivity contribution in [2.75, 3.05) is 13.7 Å². The highest BCUT2D eigenvalue weighted by atomic mass is 35.5. The van der Waals surface area contributed by atoms with Gasteiger partial charge in [0.1, 0.15) is 5.75 Å². The molecule has 6 heteroatoms. The Balaban J connectivity index is 0.00000288. The molecule has 0 radical (unpaired) electrons. The first-order valence-corrected chi connectivity index (χ1v) is 7.91. The third-order valence-electron chi connectivity index (χ3n) is 3.56. The molecule has 0 saturated carbocycles. The second-order valence-electron chi connectivity index (χ2n) is 5.19.